The summed E-state index contributed by atoms with van der Waals surface area (Å²) in [5.74, 6) is -0.253. The van der Waals surface area contributed by atoms with Gasteiger partial charge in [0.2, 0.25) is 0 Å². The third kappa shape index (κ3) is 2.99. The molecule has 3 heterocycles. The number of imide groups is 1. The van der Waals surface area contributed by atoms with Gasteiger partial charge in [-0.05, 0) is 24.6 Å². The van der Waals surface area contributed by atoms with Crippen LogP contribution in [0.15, 0.2) is 60.9 Å². The molecule has 29 heavy (non-hydrogen) atoms. The van der Waals surface area contributed by atoms with E-state index in [1.807, 2.05) is 55.5 Å². The highest BCUT2D eigenvalue weighted by atomic mass is 35.5. The van der Waals surface area contributed by atoms with Crippen LogP contribution in [0.4, 0.5) is 10.5 Å². The molecule has 5 nitrogen and oxygen atoms in total. The first-order valence-electron chi connectivity index (χ1n) is 9.15. The Balaban J connectivity index is 1.51. The van der Waals surface area contributed by atoms with Crippen molar-refractivity contribution in [2.24, 2.45) is 0 Å². The number of hydrogen-bond acceptors (Lipinski definition) is 4. The van der Waals surface area contributed by atoms with E-state index < -0.39 is 11.3 Å². The van der Waals surface area contributed by atoms with Gasteiger partial charge in [-0.25, -0.2) is 9.69 Å². The topological polar surface area (TPSA) is 62.3 Å². The van der Waals surface area contributed by atoms with Crippen molar-refractivity contribution in [2.45, 2.75) is 18.2 Å². The van der Waals surface area contributed by atoms with Gasteiger partial charge in [0.05, 0.1) is 17.9 Å². The Morgan fingerprint density at radius 2 is 1.97 bits per heavy atom. The number of carbonyl (C=O) groups excluding carboxylic acids is 2. The van der Waals surface area contributed by atoms with Crippen LogP contribution in [0.3, 0.4) is 0 Å². The molecule has 3 amide bonds. The average molecular weight is 422 g/mol. The quantitative estimate of drug-likeness (QED) is 0.647. The van der Waals surface area contributed by atoms with Gasteiger partial charge in [-0.3, -0.25) is 9.78 Å². The second-order valence-corrected chi connectivity index (χ2v) is 8.67. The number of pyridine rings is 1. The fourth-order valence-electron chi connectivity index (χ4n) is 3.74. The molecular weight excluding hydrogens is 406 g/mol. The Morgan fingerprint density at radius 1 is 1.14 bits per heavy atom. The minimum Gasteiger partial charge on any atom is -0.329 e. The Kier molecular flexibility index (Phi) is 4.33. The number of nitrogens with zero attached hydrogens (tertiary/aromatic N) is 2. The minimum atomic E-state index is -0.445. The Labute approximate surface area is 176 Å². The van der Waals surface area contributed by atoms with E-state index in [9.17, 15) is 9.59 Å². The van der Waals surface area contributed by atoms with E-state index in [4.69, 9.17) is 11.6 Å². The van der Waals surface area contributed by atoms with Crippen LogP contribution in [0.2, 0.25) is 5.02 Å². The van der Waals surface area contributed by atoms with Crippen LogP contribution in [0.5, 0.6) is 0 Å². The fourth-order valence-corrected chi connectivity index (χ4v) is 5.43. The fraction of sp³-hybridized carbons (Fsp3) is 0.136. The van der Waals surface area contributed by atoms with Gasteiger partial charge in [-0.1, -0.05) is 48.0 Å². The van der Waals surface area contributed by atoms with E-state index in [1.54, 1.807) is 12.4 Å². The van der Waals surface area contributed by atoms with Crippen LogP contribution in [0, 0.1) is 6.92 Å². The van der Waals surface area contributed by atoms with Gasteiger partial charge in [0.1, 0.15) is 5.25 Å². The molecule has 0 spiro atoms. The molecule has 1 aromatic heterocycles. The largest absolute Gasteiger partial charge is 0.329 e. The van der Waals surface area contributed by atoms with Gasteiger partial charge < -0.3 is 5.32 Å². The number of thioether (sulfide) groups is 1. The summed E-state index contributed by atoms with van der Waals surface area (Å²) in [5.41, 5.74) is 2.43. The monoisotopic (exact) mass is 421 g/mol. The van der Waals surface area contributed by atoms with Crippen molar-refractivity contribution in [1.29, 1.82) is 0 Å². The van der Waals surface area contributed by atoms with E-state index in [2.05, 4.69) is 10.3 Å². The average Bonchev–Trinajstić information content (AvgIpc) is 3.12. The molecule has 5 rings (SSSR count). The molecule has 7 heteroatoms. The van der Waals surface area contributed by atoms with Crippen molar-refractivity contribution in [2.75, 3.05) is 4.90 Å². The van der Waals surface area contributed by atoms with Gasteiger partial charge in [0, 0.05) is 32.5 Å². The number of nitrogens with one attached hydrogen (secondary N) is 1. The molecule has 1 saturated heterocycles. The molecule has 0 bridgehead atoms. The number of hydrogen-bond donors (Lipinski definition) is 1. The van der Waals surface area contributed by atoms with Gasteiger partial charge >= 0.3 is 6.03 Å². The smallest absolute Gasteiger partial charge is 0.329 e. The molecule has 144 valence electrons. The summed E-state index contributed by atoms with van der Waals surface area (Å²) in [6.45, 7) is 1.98. The number of anilines is 1. The van der Waals surface area contributed by atoms with Crippen LogP contribution >= 0.6 is 23.4 Å². The number of aromatic nitrogens is 1. The summed E-state index contributed by atoms with van der Waals surface area (Å²) < 4.78 is 0. The first-order chi connectivity index (χ1) is 14.0. The lowest BCUT2D eigenvalue weighted by Gasteiger charge is -2.33. The van der Waals surface area contributed by atoms with Crippen molar-refractivity contribution >= 4 is 56.7 Å². The molecule has 2 aromatic carbocycles. The molecule has 0 saturated carbocycles. The first-order valence-corrected chi connectivity index (χ1v) is 10.4. The predicted molar refractivity (Wildman–Crippen MR) is 117 cm³/mol. The van der Waals surface area contributed by atoms with Crippen LogP contribution in [0.1, 0.15) is 11.1 Å². The zero-order valence-electron chi connectivity index (χ0n) is 15.4. The second kappa shape index (κ2) is 6.90. The summed E-state index contributed by atoms with van der Waals surface area (Å²) in [6.07, 6.45) is 5.20. The van der Waals surface area contributed by atoms with Crippen molar-refractivity contribution < 1.29 is 9.59 Å². The van der Waals surface area contributed by atoms with Crippen LogP contribution in [-0.4, -0.2) is 28.2 Å². The summed E-state index contributed by atoms with van der Waals surface area (Å²) in [7, 11) is 0. The standard InChI is InChI=1S/C22H16ClN3O2S/c1-12-6-7-15(16(23)8-12)19-9-17-20(29-19)21(27)26(22(28)25-17)18-11-24-10-13-4-2-3-5-14(13)18/h2-11,17,20H,1H3,(H,25,28). The minimum absolute atomic E-state index is 0.253. The van der Waals surface area contributed by atoms with Gasteiger partial charge in [0.25, 0.3) is 5.91 Å². The lowest BCUT2D eigenvalue weighted by atomic mass is 10.1. The zero-order valence-corrected chi connectivity index (χ0v) is 17.0. The highest BCUT2D eigenvalue weighted by Gasteiger charge is 2.45. The predicted octanol–water partition coefficient (Wildman–Crippen LogP) is 4.78. The number of amides is 3. The molecule has 2 unspecified atom stereocenters. The maximum atomic E-state index is 13.3. The molecule has 2 aliphatic rings. The zero-order chi connectivity index (χ0) is 20.1. The maximum Gasteiger partial charge on any atom is 0.329 e. The SMILES string of the molecule is Cc1ccc(C2=CC3NC(=O)N(c4cncc5ccccc45)C(=O)C3S2)c(Cl)c1. The maximum absolute atomic E-state index is 13.3. The van der Waals surface area contributed by atoms with Crippen LogP contribution < -0.4 is 10.2 Å². The third-order valence-electron chi connectivity index (χ3n) is 5.15. The van der Waals surface area contributed by atoms with E-state index in [0.29, 0.717) is 10.7 Å². The van der Waals surface area contributed by atoms with Crippen molar-refractivity contribution in [1.82, 2.24) is 10.3 Å². The lowest BCUT2D eigenvalue weighted by molar-refractivity contribution is -0.118. The molecule has 0 radical (unpaired) electrons. The van der Waals surface area contributed by atoms with Crippen molar-refractivity contribution in [3.8, 4) is 0 Å². The van der Waals surface area contributed by atoms with Gasteiger partial charge in [0.15, 0.2) is 0 Å². The molecule has 1 N–H and O–H groups in total. The molecular formula is C22H16ClN3O2S. The molecule has 3 aromatic rings. The Hall–Kier alpha value is -2.83. The highest BCUT2D eigenvalue weighted by molar-refractivity contribution is 8.09. The highest BCUT2D eigenvalue weighted by Crippen LogP contribution is 2.44. The first kappa shape index (κ1) is 18.2. The van der Waals surface area contributed by atoms with Crippen LogP contribution in [-0.2, 0) is 4.79 Å². The number of aryl methyl sites for hydroxylation is 1. The Bertz CT molecular complexity index is 1200. The summed E-state index contributed by atoms with van der Waals surface area (Å²) >= 11 is 7.85. The van der Waals surface area contributed by atoms with Crippen LogP contribution in [0.25, 0.3) is 15.7 Å². The lowest BCUT2D eigenvalue weighted by Crippen LogP contribution is -2.60. The number of rotatable bonds is 2. The van der Waals surface area contributed by atoms with E-state index in [0.717, 1.165) is 26.8 Å². The van der Waals surface area contributed by atoms with E-state index >= 15 is 0 Å². The van der Waals surface area contributed by atoms with E-state index in [-0.39, 0.29) is 11.9 Å². The Morgan fingerprint density at radius 3 is 2.79 bits per heavy atom. The molecule has 0 aliphatic carbocycles. The van der Waals surface area contributed by atoms with Gasteiger partial charge in [-0.2, -0.15) is 0 Å². The molecule has 1 fully saturated rings. The number of halogens is 1. The molecule has 2 atom stereocenters. The third-order valence-corrected chi connectivity index (χ3v) is 6.82. The number of benzene rings is 2. The summed E-state index contributed by atoms with van der Waals surface area (Å²) in [5, 5.41) is 4.82. The van der Waals surface area contributed by atoms with E-state index in [1.165, 1.54) is 16.7 Å². The normalized spacial score (nSPS) is 21.2. The summed E-state index contributed by atoms with van der Waals surface area (Å²) in [6, 6.07) is 12.6. The second-order valence-electron chi connectivity index (χ2n) is 7.08. The number of carbonyl (C=O) groups is 2. The molecule has 2 aliphatic heterocycles. The van der Waals surface area contributed by atoms with Crippen molar-refractivity contribution in [3.05, 3.63) is 77.1 Å². The number of fused-ring (bicyclic) bond motifs is 2. The van der Waals surface area contributed by atoms with Gasteiger partial charge in [-0.15, -0.1) is 11.8 Å². The number of urea groups is 1. The summed E-state index contributed by atoms with van der Waals surface area (Å²) in [4.78, 5) is 32.5. The van der Waals surface area contributed by atoms with Crippen molar-refractivity contribution in [3.63, 3.8) is 0 Å².